The summed E-state index contributed by atoms with van der Waals surface area (Å²) in [5.74, 6) is -0.235. The Morgan fingerprint density at radius 1 is 1.29 bits per heavy atom. The first kappa shape index (κ1) is 11.1. The van der Waals surface area contributed by atoms with Gasteiger partial charge in [0.2, 0.25) is 0 Å². The molecule has 0 saturated carbocycles. The average molecular weight is 237 g/mol. The molecule has 17 heavy (non-hydrogen) atoms. The third-order valence-electron chi connectivity index (χ3n) is 2.18. The van der Waals surface area contributed by atoms with Crippen molar-refractivity contribution < 1.29 is 24.2 Å². The van der Waals surface area contributed by atoms with E-state index in [1.54, 1.807) is 14.1 Å². The van der Waals surface area contributed by atoms with Crippen LogP contribution in [0.15, 0.2) is 22.8 Å². The van der Waals surface area contributed by atoms with Gasteiger partial charge in [0.25, 0.3) is 0 Å². The fourth-order valence-electron chi connectivity index (χ4n) is 1.36. The van der Waals surface area contributed by atoms with Gasteiger partial charge in [0.05, 0.1) is 0 Å². The lowest BCUT2D eigenvalue weighted by atomic mass is 10.2. The number of phenols is 1. The molecule has 2 rings (SSSR count). The van der Waals surface area contributed by atoms with Crippen LogP contribution in [0.2, 0.25) is 0 Å². The summed E-state index contributed by atoms with van der Waals surface area (Å²) in [5, 5.41) is 19.2. The number of benzene rings is 1. The molecule has 0 aliphatic heterocycles. The molecule has 6 heteroatoms. The molecule has 1 aromatic carbocycles. The first-order chi connectivity index (χ1) is 7.99. The molecular formula is C11H11NO5. The minimum Gasteiger partial charge on any atom is -0.507 e. The van der Waals surface area contributed by atoms with Gasteiger partial charge in [-0.15, -0.1) is 0 Å². The number of fused-ring (bicyclic) bond motifs is 1. The van der Waals surface area contributed by atoms with E-state index in [2.05, 4.69) is 0 Å². The lowest BCUT2D eigenvalue weighted by molar-refractivity contribution is 0.172. The normalized spacial score (nSPS) is 10.5. The van der Waals surface area contributed by atoms with E-state index < -0.39 is 6.09 Å². The Kier molecular flexibility index (Phi) is 2.55. The zero-order valence-electron chi connectivity index (χ0n) is 9.30. The summed E-state index contributed by atoms with van der Waals surface area (Å²) in [6, 6.07) is 2.65. The van der Waals surface area contributed by atoms with Crippen LogP contribution in [-0.4, -0.2) is 35.3 Å². The number of nitrogens with zero attached hydrogens (tertiary/aromatic N) is 1. The van der Waals surface area contributed by atoms with Crippen molar-refractivity contribution in [2.24, 2.45) is 0 Å². The number of rotatable bonds is 1. The molecule has 0 unspecified atom stereocenters. The standard InChI is InChI=1S/C11H11NO5/c1-12(2)11(15)17-6-3-7(13)10-8(14)5-16-9(10)4-6/h3-5,13-14H,1-2H3. The van der Waals surface area contributed by atoms with Crippen molar-refractivity contribution in [1.29, 1.82) is 0 Å². The van der Waals surface area contributed by atoms with Gasteiger partial charge in [-0.05, 0) is 0 Å². The van der Waals surface area contributed by atoms with Gasteiger partial charge >= 0.3 is 6.09 Å². The van der Waals surface area contributed by atoms with Gasteiger partial charge in [0.15, 0.2) is 5.75 Å². The van der Waals surface area contributed by atoms with Crippen molar-refractivity contribution in [2.45, 2.75) is 0 Å². The van der Waals surface area contributed by atoms with Gasteiger partial charge < -0.3 is 24.3 Å². The second-order valence-corrected chi connectivity index (χ2v) is 3.70. The summed E-state index contributed by atoms with van der Waals surface area (Å²) < 4.78 is 9.96. The number of hydrogen-bond acceptors (Lipinski definition) is 5. The van der Waals surface area contributed by atoms with Crippen LogP contribution >= 0.6 is 0 Å². The molecule has 90 valence electrons. The van der Waals surface area contributed by atoms with Crippen molar-refractivity contribution in [2.75, 3.05) is 14.1 Å². The third-order valence-corrected chi connectivity index (χ3v) is 2.18. The van der Waals surface area contributed by atoms with Gasteiger partial charge in [-0.25, -0.2) is 4.79 Å². The zero-order valence-corrected chi connectivity index (χ0v) is 9.30. The van der Waals surface area contributed by atoms with Gasteiger partial charge in [0, 0.05) is 26.2 Å². The maximum absolute atomic E-state index is 11.3. The number of carbonyl (C=O) groups is 1. The number of furan rings is 1. The summed E-state index contributed by atoms with van der Waals surface area (Å²) in [6.07, 6.45) is 0.529. The monoisotopic (exact) mass is 237 g/mol. The predicted octanol–water partition coefficient (Wildman–Crippen LogP) is 1.90. The molecule has 0 atom stereocenters. The molecule has 0 saturated heterocycles. The molecule has 1 heterocycles. The van der Waals surface area contributed by atoms with Gasteiger partial charge in [-0.2, -0.15) is 0 Å². The second-order valence-electron chi connectivity index (χ2n) is 3.70. The van der Waals surface area contributed by atoms with Crippen LogP contribution in [0.5, 0.6) is 17.2 Å². The molecule has 1 aromatic heterocycles. The Hall–Kier alpha value is -2.37. The minimum absolute atomic E-state index is 0.142. The van der Waals surface area contributed by atoms with Crippen LogP contribution in [0.1, 0.15) is 0 Å². The fraction of sp³-hybridized carbons (Fsp3) is 0.182. The predicted molar refractivity (Wildman–Crippen MR) is 59.3 cm³/mol. The van der Waals surface area contributed by atoms with E-state index in [1.165, 1.54) is 17.0 Å². The SMILES string of the molecule is CN(C)C(=O)Oc1cc(O)c2c(O)coc2c1. The lowest BCUT2D eigenvalue weighted by Gasteiger charge is -2.10. The Balaban J connectivity index is 2.41. The van der Waals surface area contributed by atoms with Gasteiger partial charge in [-0.1, -0.05) is 0 Å². The summed E-state index contributed by atoms with van der Waals surface area (Å²) >= 11 is 0. The van der Waals surface area contributed by atoms with Crippen LogP contribution in [0.3, 0.4) is 0 Å². The zero-order chi connectivity index (χ0) is 12.6. The highest BCUT2D eigenvalue weighted by Crippen LogP contribution is 2.37. The van der Waals surface area contributed by atoms with Crippen molar-refractivity contribution in [3.8, 4) is 17.2 Å². The van der Waals surface area contributed by atoms with Crippen LogP contribution < -0.4 is 4.74 Å². The molecule has 0 aliphatic carbocycles. The summed E-state index contributed by atoms with van der Waals surface area (Å²) in [4.78, 5) is 12.6. The van der Waals surface area contributed by atoms with E-state index in [9.17, 15) is 15.0 Å². The quantitative estimate of drug-likeness (QED) is 0.791. The van der Waals surface area contributed by atoms with Crippen molar-refractivity contribution >= 4 is 17.1 Å². The Labute approximate surface area is 96.6 Å². The van der Waals surface area contributed by atoms with Crippen molar-refractivity contribution in [3.05, 3.63) is 18.4 Å². The first-order valence-corrected chi connectivity index (χ1v) is 4.81. The Bertz CT molecular complexity index is 572. The van der Waals surface area contributed by atoms with Crippen LogP contribution in [0.4, 0.5) is 4.79 Å². The number of aromatic hydroxyl groups is 2. The van der Waals surface area contributed by atoms with Gasteiger partial charge in [-0.3, -0.25) is 0 Å². The van der Waals surface area contributed by atoms with E-state index in [-0.39, 0.29) is 28.2 Å². The van der Waals surface area contributed by atoms with Crippen LogP contribution in [-0.2, 0) is 0 Å². The van der Waals surface area contributed by atoms with Crippen molar-refractivity contribution in [1.82, 2.24) is 4.90 Å². The van der Waals surface area contributed by atoms with Crippen molar-refractivity contribution in [3.63, 3.8) is 0 Å². The maximum Gasteiger partial charge on any atom is 0.414 e. The van der Waals surface area contributed by atoms with Gasteiger partial charge in [0.1, 0.15) is 28.7 Å². The molecule has 0 fully saturated rings. The van der Waals surface area contributed by atoms with E-state index in [1.807, 2.05) is 0 Å². The third kappa shape index (κ3) is 1.96. The topological polar surface area (TPSA) is 83.1 Å². The molecule has 0 aliphatic rings. The van der Waals surface area contributed by atoms with E-state index >= 15 is 0 Å². The van der Waals surface area contributed by atoms with Crippen LogP contribution in [0, 0.1) is 0 Å². The molecular weight excluding hydrogens is 226 g/mol. The highest BCUT2D eigenvalue weighted by Gasteiger charge is 2.14. The van der Waals surface area contributed by atoms with E-state index in [0.29, 0.717) is 0 Å². The highest BCUT2D eigenvalue weighted by atomic mass is 16.6. The Morgan fingerprint density at radius 3 is 2.65 bits per heavy atom. The fourth-order valence-corrected chi connectivity index (χ4v) is 1.36. The second kappa shape index (κ2) is 3.89. The maximum atomic E-state index is 11.3. The van der Waals surface area contributed by atoms with E-state index in [4.69, 9.17) is 9.15 Å². The number of carbonyl (C=O) groups excluding carboxylic acids is 1. The van der Waals surface area contributed by atoms with Crippen LogP contribution in [0.25, 0.3) is 11.0 Å². The summed E-state index contributed by atoms with van der Waals surface area (Å²) in [6.45, 7) is 0. The number of ether oxygens (including phenoxy) is 1. The lowest BCUT2D eigenvalue weighted by Crippen LogP contribution is -2.25. The highest BCUT2D eigenvalue weighted by molar-refractivity contribution is 5.91. The summed E-state index contributed by atoms with van der Waals surface area (Å²) in [7, 11) is 3.08. The minimum atomic E-state index is -0.570. The first-order valence-electron chi connectivity index (χ1n) is 4.81. The number of hydrogen-bond donors (Lipinski definition) is 2. The average Bonchev–Trinajstić information content (AvgIpc) is 2.60. The number of amides is 1. The largest absolute Gasteiger partial charge is 0.507 e. The number of phenolic OH excluding ortho intramolecular Hbond substituents is 1. The molecule has 0 radical (unpaired) electrons. The molecule has 1 amide bonds. The summed E-state index contributed by atoms with van der Waals surface area (Å²) in [5.41, 5.74) is 0.240. The smallest absolute Gasteiger partial charge is 0.414 e. The Morgan fingerprint density at radius 2 is 2.00 bits per heavy atom. The molecule has 0 bridgehead atoms. The molecule has 0 spiro atoms. The molecule has 2 aromatic rings. The molecule has 6 nitrogen and oxygen atoms in total. The van der Waals surface area contributed by atoms with E-state index in [0.717, 1.165) is 6.26 Å². The molecule has 2 N–H and O–H groups in total.